The minimum atomic E-state index is 0.804. The van der Waals surface area contributed by atoms with E-state index in [1.807, 2.05) is 43.3 Å². The molecule has 0 aliphatic rings. The Kier molecular flexibility index (Phi) is 2.70. The highest BCUT2D eigenvalue weighted by Gasteiger charge is 1.78. The second-order valence-electron chi connectivity index (χ2n) is 2.78. The first-order chi connectivity index (χ1) is 5.70. The predicted octanol–water partition coefficient (Wildman–Crippen LogP) is 0.740. The van der Waals surface area contributed by atoms with Crippen LogP contribution >= 0.6 is 0 Å². The SMILES string of the molecule is C=c1cccc/c1=C/C=C(\C)N. The van der Waals surface area contributed by atoms with Gasteiger partial charge in [0.25, 0.3) is 0 Å². The van der Waals surface area contributed by atoms with Gasteiger partial charge in [0.05, 0.1) is 0 Å². The molecule has 0 bridgehead atoms. The smallest absolute Gasteiger partial charge is 0.00490 e. The van der Waals surface area contributed by atoms with E-state index in [9.17, 15) is 0 Å². The van der Waals surface area contributed by atoms with Gasteiger partial charge in [-0.05, 0) is 23.4 Å². The Hall–Kier alpha value is -1.50. The van der Waals surface area contributed by atoms with Crippen molar-refractivity contribution >= 4 is 12.7 Å². The number of allylic oxidation sites excluding steroid dienone is 2. The lowest BCUT2D eigenvalue weighted by Gasteiger charge is -1.87. The van der Waals surface area contributed by atoms with Gasteiger partial charge in [0.15, 0.2) is 0 Å². The van der Waals surface area contributed by atoms with Crippen LogP contribution in [-0.2, 0) is 0 Å². The van der Waals surface area contributed by atoms with Gasteiger partial charge < -0.3 is 5.73 Å². The fraction of sp³-hybridized carbons (Fsp3) is 0.0909. The Bertz CT molecular complexity index is 384. The molecule has 0 aliphatic carbocycles. The van der Waals surface area contributed by atoms with Crippen molar-refractivity contribution in [1.29, 1.82) is 0 Å². The molecule has 0 spiro atoms. The van der Waals surface area contributed by atoms with Gasteiger partial charge in [0.1, 0.15) is 0 Å². The van der Waals surface area contributed by atoms with Crippen LogP contribution in [0.5, 0.6) is 0 Å². The minimum absolute atomic E-state index is 0.804. The molecule has 0 amide bonds. The molecule has 62 valence electrons. The first-order valence-electron chi connectivity index (χ1n) is 3.88. The molecule has 0 radical (unpaired) electrons. The highest BCUT2D eigenvalue weighted by atomic mass is 14.5. The molecule has 1 aromatic carbocycles. The predicted molar refractivity (Wildman–Crippen MR) is 53.6 cm³/mol. The molecule has 1 nitrogen and oxygen atoms in total. The Labute approximate surface area is 72.5 Å². The molecular weight excluding hydrogens is 146 g/mol. The highest BCUT2D eigenvalue weighted by molar-refractivity contribution is 5.38. The van der Waals surface area contributed by atoms with Crippen LogP contribution in [0.25, 0.3) is 12.7 Å². The van der Waals surface area contributed by atoms with Crippen molar-refractivity contribution in [2.75, 3.05) is 0 Å². The molecule has 1 heteroatoms. The number of rotatable bonds is 1. The van der Waals surface area contributed by atoms with Crippen LogP contribution < -0.4 is 16.2 Å². The van der Waals surface area contributed by atoms with Crippen molar-refractivity contribution in [3.8, 4) is 0 Å². The van der Waals surface area contributed by atoms with E-state index < -0.39 is 0 Å². The van der Waals surface area contributed by atoms with Gasteiger partial charge in [0.2, 0.25) is 0 Å². The van der Waals surface area contributed by atoms with E-state index in [0.29, 0.717) is 0 Å². The summed E-state index contributed by atoms with van der Waals surface area (Å²) in [7, 11) is 0. The fourth-order valence-corrected chi connectivity index (χ4v) is 0.918. The second kappa shape index (κ2) is 3.77. The van der Waals surface area contributed by atoms with Crippen LogP contribution in [0.3, 0.4) is 0 Å². The van der Waals surface area contributed by atoms with Gasteiger partial charge in [-0.25, -0.2) is 0 Å². The van der Waals surface area contributed by atoms with Crippen molar-refractivity contribution in [3.63, 3.8) is 0 Å². The third kappa shape index (κ3) is 2.27. The van der Waals surface area contributed by atoms with Crippen LogP contribution in [0.1, 0.15) is 6.92 Å². The van der Waals surface area contributed by atoms with Crippen LogP contribution in [0, 0.1) is 0 Å². The van der Waals surface area contributed by atoms with E-state index in [4.69, 9.17) is 5.73 Å². The molecule has 0 aromatic heterocycles. The topological polar surface area (TPSA) is 26.0 Å². The van der Waals surface area contributed by atoms with Gasteiger partial charge in [0, 0.05) is 5.70 Å². The summed E-state index contributed by atoms with van der Waals surface area (Å²) in [5.41, 5.74) is 6.30. The van der Waals surface area contributed by atoms with Gasteiger partial charge in [-0.1, -0.05) is 36.9 Å². The Balaban J connectivity index is 3.20. The third-order valence-electron chi connectivity index (χ3n) is 1.58. The maximum Gasteiger partial charge on any atom is 0.00490 e. The normalized spacial score (nSPS) is 13.4. The molecule has 0 atom stereocenters. The molecule has 0 heterocycles. The summed E-state index contributed by atoms with van der Waals surface area (Å²) in [5.74, 6) is 0. The van der Waals surface area contributed by atoms with E-state index in [0.717, 1.165) is 16.1 Å². The summed E-state index contributed by atoms with van der Waals surface area (Å²) >= 11 is 0. The molecule has 0 aliphatic heterocycles. The van der Waals surface area contributed by atoms with E-state index in [1.165, 1.54) is 0 Å². The quantitative estimate of drug-likeness (QED) is 0.642. The van der Waals surface area contributed by atoms with E-state index in [-0.39, 0.29) is 0 Å². The summed E-state index contributed by atoms with van der Waals surface area (Å²) in [4.78, 5) is 0. The Morgan fingerprint density at radius 3 is 2.67 bits per heavy atom. The zero-order valence-electron chi connectivity index (χ0n) is 7.25. The Morgan fingerprint density at radius 1 is 1.42 bits per heavy atom. The monoisotopic (exact) mass is 159 g/mol. The average Bonchev–Trinajstić information content (AvgIpc) is 2.03. The minimum Gasteiger partial charge on any atom is -0.402 e. The molecule has 0 saturated carbocycles. The lowest BCUT2D eigenvalue weighted by Crippen LogP contribution is -2.21. The van der Waals surface area contributed by atoms with Gasteiger partial charge in [-0.2, -0.15) is 0 Å². The van der Waals surface area contributed by atoms with Crippen LogP contribution in [0.4, 0.5) is 0 Å². The van der Waals surface area contributed by atoms with Gasteiger partial charge >= 0.3 is 0 Å². The lowest BCUT2D eigenvalue weighted by molar-refractivity contribution is 1.32. The average molecular weight is 159 g/mol. The zero-order chi connectivity index (χ0) is 8.97. The van der Waals surface area contributed by atoms with Crippen molar-refractivity contribution in [1.82, 2.24) is 0 Å². The van der Waals surface area contributed by atoms with Gasteiger partial charge in [-0.15, -0.1) is 0 Å². The number of benzene rings is 1. The van der Waals surface area contributed by atoms with E-state index >= 15 is 0 Å². The molecule has 1 aromatic rings. The fourth-order valence-electron chi connectivity index (χ4n) is 0.918. The second-order valence-corrected chi connectivity index (χ2v) is 2.78. The molecular formula is C11H13N. The van der Waals surface area contributed by atoms with E-state index in [1.54, 1.807) is 0 Å². The number of hydrogen-bond acceptors (Lipinski definition) is 1. The van der Waals surface area contributed by atoms with Crippen LogP contribution in [-0.4, -0.2) is 0 Å². The summed E-state index contributed by atoms with van der Waals surface area (Å²) in [6.07, 6.45) is 3.85. The van der Waals surface area contributed by atoms with E-state index in [2.05, 4.69) is 6.58 Å². The molecule has 0 unspecified atom stereocenters. The Morgan fingerprint density at radius 2 is 2.08 bits per heavy atom. The third-order valence-corrected chi connectivity index (χ3v) is 1.58. The van der Waals surface area contributed by atoms with Crippen LogP contribution in [0.15, 0.2) is 36.0 Å². The summed E-state index contributed by atoms with van der Waals surface area (Å²) in [6.45, 7) is 5.76. The first-order valence-corrected chi connectivity index (χ1v) is 3.88. The lowest BCUT2D eigenvalue weighted by atomic mass is 10.2. The molecule has 0 saturated heterocycles. The van der Waals surface area contributed by atoms with Crippen molar-refractivity contribution in [2.24, 2.45) is 5.73 Å². The standard InChI is InChI=1S/C11H13N/c1-9-5-3-4-6-11(9)8-7-10(2)12/h3-8H,1,12H2,2H3/b10-7+,11-8-. The highest BCUT2D eigenvalue weighted by Crippen LogP contribution is 1.79. The molecule has 0 fully saturated rings. The summed E-state index contributed by atoms with van der Waals surface area (Å²) in [6, 6.07) is 7.95. The maximum atomic E-state index is 5.50. The van der Waals surface area contributed by atoms with Crippen molar-refractivity contribution < 1.29 is 0 Å². The van der Waals surface area contributed by atoms with Gasteiger partial charge in [-0.3, -0.25) is 0 Å². The summed E-state index contributed by atoms with van der Waals surface area (Å²) < 4.78 is 0. The van der Waals surface area contributed by atoms with Crippen LogP contribution in [0.2, 0.25) is 0 Å². The molecule has 12 heavy (non-hydrogen) atoms. The van der Waals surface area contributed by atoms with Crippen molar-refractivity contribution in [3.05, 3.63) is 46.5 Å². The first kappa shape index (κ1) is 8.60. The molecule has 2 N–H and O–H groups in total. The largest absolute Gasteiger partial charge is 0.402 e. The number of hydrogen-bond donors (Lipinski definition) is 1. The van der Waals surface area contributed by atoms with Crippen molar-refractivity contribution in [2.45, 2.75) is 6.92 Å². The zero-order valence-corrected chi connectivity index (χ0v) is 7.25. The number of nitrogens with two attached hydrogens (primary N) is 1. The summed E-state index contributed by atoms with van der Waals surface area (Å²) in [5, 5.41) is 2.14. The maximum absolute atomic E-state index is 5.50. The molecule has 1 rings (SSSR count).